The molecule has 0 radical (unpaired) electrons. The largest absolute Gasteiger partial charge is 0.439 e. The van der Waals surface area contributed by atoms with Crippen molar-refractivity contribution in [2.75, 3.05) is 0 Å². The molecule has 0 N–H and O–H groups in total. The Morgan fingerprint density at radius 1 is 1.25 bits per heavy atom. The van der Waals surface area contributed by atoms with Gasteiger partial charge in [-0.3, -0.25) is 0 Å². The van der Waals surface area contributed by atoms with Gasteiger partial charge in [-0.2, -0.15) is 0 Å². The van der Waals surface area contributed by atoms with Crippen LogP contribution in [0.1, 0.15) is 5.56 Å². The van der Waals surface area contributed by atoms with Gasteiger partial charge in [-0.15, -0.1) is 0 Å². The summed E-state index contributed by atoms with van der Waals surface area (Å²) in [6, 6.07) is 9.38. The van der Waals surface area contributed by atoms with Crippen LogP contribution in [0.4, 0.5) is 4.39 Å². The lowest BCUT2D eigenvalue weighted by Crippen LogP contribution is -1.91. The molecule has 82 valence electrons. The van der Waals surface area contributed by atoms with E-state index in [1.165, 1.54) is 12.1 Å². The van der Waals surface area contributed by atoms with Gasteiger partial charge in [-0.25, -0.2) is 9.37 Å². The molecule has 0 aliphatic carbocycles. The van der Waals surface area contributed by atoms with Crippen molar-refractivity contribution >= 4 is 11.6 Å². The Morgan fingerprint density at radius 2 is 2.06 bits per heavy atom. The average Bonchev–Trinajstić information content (AvgIpc) is 2.24. The number of hydrogen-bond acceptors (Lipinski definition) is 2. The molecule has 0 amide bonds. The lowest BCUT2D eigenvalue weighted by Gasteiger charge is -2.07. The number of aromatic nitrogens is 1. The number of benzene rings is 1. The second-order valence-corrected chi connectivity index (χ2v) is 3.70. The zero-order valence-corrected chi connectivity index (χ0v) is 9.33. The Bertz CT molecular complexity index is 516. The number of aryl methyl sites for hydroxylation is 1. The van der Waals surface area contributed by atoms with Crippen LogP contribution >= 0.6 is 11.6 Å². The Morgan fingerprint density at radius 3 is 2.81 bits per heavy atom. The van der Waals surface area contributed by atoms with Gasteiger partial charge in [-0.05, 0) is 24.6 Å². The van der Waals surface area contributed by atoms with E-state index in [-0.39, 0.29) is 5.82 Å². The molecule has 2 rings (SSSR count). The third kappa shape index (κ3) is 2.49. The minimum Gasteiger partial charge on any atom is -0.439 e. The smallest absolute Gasteiger partial charge is 0.220 e. The zero-order chi connectivity index (χ0) is 11.5. The molecule has 0 spiro atoms. The molecule has 0 bridgehead atoms. The number of nitrogens with zero attached hydrogens (tertiary/aromatic N) is 1. The van der Waals surface area contributed by atoms with Gasteiger partial charge in [0.1, 0.15) is 16.7 Å². The molecule has 2 aromatic rings. The van der Waals surface area contributed by atoms with Crippen molar-refractivity contribution in [2.45, 2.75) is 6.92 Å². The molecule has 0 aliphatic rings. The fourth-order valence-electron chi connectivity index (χ4n) is 1.24. The molecular weight excluding hydrogens is 229 g/mol. The Balaban J connectivity index is 2.30. The number of rotatable bonds is 2. The molecule has 1 aromatic carbocycles. The monoisotopic (exact) mass is 237 g/mol. The highest BCUT2D eigenvalue weighted by molar-refractivity contribution is 6.29. The maximum Gasteiger partial charge on any atom is 0.220 e. The van der Waals surface area contributed by atoms with E-state index in [2.05, 4.69) is 4.98 Å². The molecule has 1 heterocycles. The quantitative estimate of drug-likeness (QED) is 0.738. The van der Waals surface area contributed by atoms with Crippen LogP contribution in [0.2, 0.25) is 5.15 Å². The van der Waals surface area contributed by atoms with Crippen molar-refractivity contribution in [1.29, 1.82) is 0 Å². The number of ether oxygens (including phenoxy) is 1. The van der Waals surface area contributed by atoms with E-state index in [9.17, 15) is 4.39 Å². The summed E-state index contributed by atoms with van der Waals surface area (Å²) in [5.74, 6) is 0.443. The summed E-state index contributed by atoms with van der Waals surface area (Å²) in [6.07, 6.45) is 0. The van der Waals surface area contributed by atoms with E-state index < -0.39 is 0 Å². The Kier molecular flexibility index (Phi) is 3.06. The lowest BCUT2D eigenvalue weighted by atomic mass is 10.2. The van der Waals surface area contributed by atoms with Crippen molar-refractivity contribution in [3.05, 3.63) is 52.9 Å². The minimum absolute atomic E-state index is 0.339. The van der Waals surface area contributed by atoms with Crippen LogP contribution < -0.4 is 4.74 Å². The maximum atomic E-state index is 13.0. The predicted octanol–water partition coefficient (Wildman–Crippen LogP) is 3.97. The van der Waals surface area contributed by atoms with Gasteiger partial charge in [0.25, 0.3) is 0 Å². The highest BCUT2D eigenvalue weighted by atomic mass is 35.5. The van der Waals surface area contributed by atoms with E-state index in [4.69, 9.17) is 16.3 Å². The molecule has 0 fully saturated rings. The van der Waals surface area contributed by atoms with Gasteiger partial charge in [0, 0.05) is 12.1 Å². The van der Waals surface area contributed by atoms with Crippen LogP contribution in [-0.4, -0.2) is 4.98 Å². The van der Waals surface area contributed by atoms with Crippen LogP contribution in [-0.2, 0) is 0 Å². The fraction of sp³-hybridized carbons (Fsp3) is 0.0833. The molecule has 4 heteroatoms. The number of halogens is 2. The van der Waals surface area contributed by atoms with Crippen molar-refractivity contribution in [1.82, 2.24) is 4.98 Å². The highest BCUT2D eigenvalue weighted by Crippen LogP contribution is 2.25. The molecule has 0 saturated carbocycles. The van der Waals surface area contributed by atoms with Gasteiger partial charge in [-0.1, -0.05) is 23.7 Å². The predicted molar refractivity (Wildman–Crippen MR) is 60.5 cm³/mol. The summed E-state index contributed by atoms with van der Waals surface area (Å²) >= 11 is 5.72. The van der Waals surface area contributed by atoms with E-state index in [1.54, 1.807) is 24.3 Å². The van der Waals surface area contributed by atoms with Crippen molar-refractivity contribution < 1.29 is 9.13 Å². The molecule has 0 saturated heterocycles. The third-order valence-corrected chi connectivity index (χ3v) is 2.26. The maximum absolute atomic E-state index is 13.0. The SMILES string of the molecule is Cc1ccc(F)cc1Oc1cccc(Cl)n1. The molecule has 2 nitrogen and oxygen atoms in total. The summed E-state index contributed by atoms with van der Waals surface area (Å²) in [5, 5.41) is 0.339. The van der Waals surface area contributed by atoms with E-state index in [1.807, 2.05) is 6.92 Å². The average molecular weight is 238 g/mol. The lowest BCUT2D eigenvalue weighted by molar-refractivity contribution is 0.454. The second-order valence-electron chi connectivity index (χ2n) is 3.31. The molecule has 0 aliphatic heterocycles. The Hall–Kier alpha value is -1.61. The Labute approximate surface area is 97.7 Å². The molecule has 0 unspecified atom stereocenters. The van der Waals surface area contributed by atoms with Crippen LogP contribution in [0.25, 0.3) is 0 Å². The first kappa shape index (κ1) is 10.9. The molecule has 0 atom stereocenters. The first-order valence-corrected chi connectivity index (χ1v) is 5.09. The van der Waals surface area contributed by atoms with Gasteiger partial charge >= 0.3 is 0 Å². The summed E-state index contributed by atoms with van der Waals surface area (Å²) in [7, 11) is 0. The highest BCUT2D eigenvalue weighted by Gasteiger charge is 2.04. The first-order chi connectivity index (χ1) is 7.65. The number of hydrogen-bond donors (Lipinski definition) is 0. The summed E-state index contributed by atoms with van der Waals surface area (Å²) in [4.78, 5) is 3.96. The van der Waals surface area contributed by atoms with Crippen LogP contribution in [0.3, 0.4) is 0 Å². The molecule has 16 heavy (non-hydrogen) atoms. The minimum atomic E-state index is -0.345. The van der Waals surface area contributed by atoms with Crippen molar-refractivity contribution in [3.8, 4) is 11.6 Å². The van der Waals surface area contributed by atoms with E-state index in [0.717, 1.165) is 5.56 Å². The van der Waals surface area contributed by atoms with Crippen LogP contribution in [0.5, 0.6) is 11.6 Å². The fourth-order valence-corrected chi connectivity index (χ4v) is 1.40. The van der Waals surface area contributed by atoms with E-state index in [0.29, 0.717) is 16.8 Å². The topological polar surface area (TPSA) is 22.1 Å². The standard InChI is InChI=1S/C12H9ClFNO/c1-8-5-6-9(14)7-10(8)16-12-4-2-3-11(13)15-12/h2-7H,1H3. The summed E-state index contributed by atoms with van der Waals surface area (Å²) in [5.41, 5.74) is 0.836. The zero-order valence-electron chi connectivity index (χ0n) is 8.58. The van der Waals surface area contributed by atoms with Crippen LogP contribution in [0.15, 0.2) is 36.4 Å². The van der Waals surface area contributed by atoms with Gasteiger partial charge in [0.2, 0.25) is 5.88 Å². The van der Waals surface area contributed by atoms with Crippen LogP contribution in [0, 0.1) is 12.7 Å². The first-order valence-electron chi connectivity index (χ1n) is 4.72. The van der Waals surface area contributed by atoms with Gasteiger partial charge in [0.15, 0.2) is 0 Å². The number of pyridine rings is 1. The third-order valence-electron chi connectivity index (χ3n) is 2.05. The van der Waals surface area contributed by atoms with Gasteiger partial charge in [0.05, 0.1) is 0 Å². The summed E-state index contributed by atoms with van der Waals surface area (Å²) < 4.78 is 18.4. The van der Waals surface area contributed by atoms with Crippen molar-refractivity contribution in [2.24, 2.45) is 0 Å². The second kappa shape index (κ2) is 4.49. The van der Waals surface area contributed by atoms with Gasteiger partial charge < -0.3 is 4.74 Å². The van der Waals surface area contributed by atoms with E-state index >= 15 is 0 Å². The molecule has 1 aromatic heterocycles. The normalized spacial score (nSPS) is 10.2. The summed E-state index contributed by atoms with van der Waals surface area (Å²) in [6.45, 7) is 1.83. The van der Waals surface area contributed by atoms with Crippen molar-refractivity contribution in [3.63, 3.8) is 0 Å². The molecular formula is C12H9ClFNO.